The molecular formula is C20H20ClFN4O2S. The Balaban J connectivity index is 1.72. The average Bonchev–Trinajstić information content (AvgIpc) is 3.10. The number of anilines is 1. The summed E-state index contributed by atoms with van der Waals surface area (Å²) < 4.78 is 20.4. The van der Waals surface area contributed by atoms with E-state index in [1.807, 2.05) is 16.7 Å². The fourth-order valence-corrected chi connectivity index (χ4v) is 3.56. The molecule has 0 bridgehead atoms. The maximum absolute atomic E-state index is 13.3. The number of hydrogen-bond donors (Lipinski definition) is 1. The smallest absolute Gasteiger partial charge is 0.234 e. The fourth-order valence-electron chi connectivity index (χ4n) is 2.67. The maximum Gasteiger partial charge on any atom is 0.234 e. The van der Waals surface area contributed by atoms with Crippen molar-refractivity contribution in [3.05, 3.63) is 59.4 Å². The summed E-state index contributed by atoms with van der Waals surface area (Å²) in [5.74, 6) is 0.173. The molecule has 0 spiro atoms. The molecule has 0 atom stereocenters. The van der Waals surface area contributed by atoms with Gasteiger partial charge < -0.3 is 14.6 Å². The molecule has 6 nitrogen and oxygen atoms in total. The van der Waals surface area contributed by atoms with Crippen molar-refractivity contribution in [3.8, 4) is 11.4 Å². The molecule has 1 N–H and O–H groups in total. The molecule has 0 aliphatic rings. The normalized spacial score (nSPS) is 10.9. The summed E-state index contributed by atoms with van der Waals surface area (Å²) in [6.07, 6.45) is 0.776. The zero-order valence-corrected chi connectivity index (χ0v) is 17.3. The molecule has 9 heteroatoms. The van der Waals surface area contributed by atoms with Crippen molar-refractivity contribution in [2.75, 3.05) is 24.8 Å². The Hall–Kier alpha value is -2.42. The molecule has 0 aliphatic carbocycles. The van der Waals surface area contributed by atoms with Gasteiger partial charge in [0.2, 0.25) is 5.91 Å². The Morgan fingerprint density at radius 1 is 1.24 bits per heavy atom. The Bertz CT molecular complexity index is 965. The number of nitrogens with one attached hydrogen (secondary N) is 1. The molecular weight excluding hydrogens is 415 g/mol. The van der Waals surface area contributed by atoms with Gasteiger partial charge in [0.1, 0.15) is 5.82 Å². The van der Waals surface area contributed by atoms with Gasteiger partial charge in [0.05, 0.1) is 5.75 Å². The second-order valence-corrected chi connectivity index (χ2v) is 7.54. The lowest BCUT2D eigenvalue weighted by Gasteiger charge is -2.10. The molecule has 2 aromatic carbocycles. The second kappa shape index (κ2) is 10.4. The van der Waals surface area contributed by atoms with E-state index in [2.05, 4.69) is 15.5 Å². The van der Waals surface area contributed by atoms with Crippen LogP contribution in [-0.2, 0) is 16.1 Å². The highest BCUT2D eigenvalue weighted by atomic mass is 35.5. The average molecular weight is 435 g/mol. The number of carbonyl (C=O) groups is 1. The highest BCUT2D eigenvalue weighted by Crippen LogP contribution is 2.25. The van der Waals surface area contributed by atoms with Gasteiger partial charge >= 0.3 is 0 Å². The largest absolute Gasteiger partial charge is 0.385 e. The summed E-state index contributed by atoms with van der Waals surface area (Å²) in [4.78, 5) is 12.2. The highest BCUT2D eigenvalue weighted by Gasteiger charge is 2.16. The van der Waals surface area contributed by atoms with E-state index in [1.54, 1.807) is 31.4 Å². The number of benzene rings is 2. The first-order valence-electron chi connectivity index (χ1n) is 8.93. The Labute approximate surface area is 177 Å². The molecule has 0 unspecified atom stereocenters. The molecule has 3 aromatic rings. The minimum Gasteiger partial charge on any atom is -0.385 e. The summed E-state index contributed by atoms with van der Waals surface area (Å²) in [6, 6.07) is 13.1. The van der Waals surface area contributed by atoms with Gasteiger partial charge in [0.25, 0.3) is 0 Å². The molecule has 0 saturated heterocycles. The summed E-state index contributed by atoms with van der Waals surface area (Å²) in [5, 5.41) is 12.5. The zero-order chi connectivity index (χ0) is 20.6. The van der Waals surface area contributed by atoms with Crippen LogP contribution in [0.2, 0.25) is 5.02 Å². The molecule has 0 radical (unpaired) electrons. The number of hydrogen-bond acceptors (Lipinski definition) is 5. The van der Waals surface area contributed by atoms with Crippen LogP contribution in [0.15, 0.2) is 53.7 Å². The van der Waals surface area contributed by atoms with Crippen LogP contribution in [-0.4, -0.2) is 40.1 Å². The minimum atomic E-state index is -0.402. The van der Waals surface area contributed by atoms with Gasteiger partial charge in [0, 0.05) is 36.5 Å². The van der Waals surface area contributed by atoms with E-state index < -0.39 is 5.82 Å². The zero-order valence-electron chi connectivity index (χ0n) is 15.8. The van der Waals surface area contributed by atoms with E-state index in [4.69, 9.17) is 16.3 Å². The van der Waals surface area contributed by atoms with Crippen molar-refractivity contribution in [2.45, 2.75) is 18.1 Å². The van der Waals surface area contributed by atoms with Gasteiger partial charge in [-0.25, -0.2) is 4.39 Å². The van der Waals surface area contributed by atoms with Crippen molar-refractivity contribution in [3.63, 3.8) is 0 Å². The minimum absolute atomic E-state index is 0.125. The molecule has 29 heavy (non-hydrogen) atoms. The predicted molar refractivity (Wildman–Crippen MR) is 113 cm³/mol. The van der Waals surface area contributed by atoms with Crippen LogP contribution < -0.4 is 5.32 Å². The van der Waals surface area contributed by atoms with E-state index in [9.17, 15) is 9.18 Å². The molecule has 1 amide bonds. The first kappa shape index (κ1) is 21.3. The summed E-state index contributed by atoms with van der Waals surface area (Å²) in [6.45, 7) is 1.25. The Kier molecular flexibility index (Phi) is 7.62. The number of ether oxygens (including phenoxy) is 1. The number of carbonyl (C=O) groups excluding carboxylic acids is 1. The number of halogens is 2. The van der Waals surface area contributed by atoms with Gasteiger partial charge in [-0.3, -0.25) is 4.79 Å². The number of rotatable bonds is 9. The third kappa shape index (κ3) is 6.03. The van der Waals surface area contributed by atoms with E-state index in [0.29, 0.717) is 34.8 Å². The number of methoxy groups -OCH3 is 1. The van der Waals surface area contributed by atoms with Gasteiger partial charge in [-0.1, -0.05) is 29.4 Å². The van der Waals surface area contributed by atoms with Crippen LogP contribution in [0.1, 0.15) is 6.42 Å². The van der Waals surface area contributed by atoms with Crippen LogP contribution in [0, 0.1) is 5.82 Å². The Morgan fingerprint density at radius 2 is 2.03 bits per heavy atom. The second-order valence-electron chi connectivity index (χ2n) is 6.16. The van der Waals surface area contributed by atoms with Crippen LogP contribution in [0.4, 0.5) is 10.1 Å². The number of thioether (sulfide) groups is 1. The van der Waals surface area contributed by atoms with Crippen molar-refractivity contribution >= 4 is 35.0 Å². The molecule has 3 rings (SSSR count). The SMILES string of the molecule is COCCCn1c(SCC(=O)Nc2cccc(F)c2)nnc1-c1ccc(Cl)cc1. The van der Waals surface area contributed by atoms with Crippen LogP contribution >= 0.6 is 23.4 Å². The monoisotopic (exact) mass is 434 g/mol. The molecule has 1 aromatic heterocycles. The number of amides is 1. The van der Waals surface area contributed by atoms with Gasteiger partial charge in [0.15, 0.2) is 11.0 Å². The van der Waals surface area contributed by atoms with Crippen molar-refractivity contribution in [2.24, 2.45) is 0 Å². The lowest BCUT2D eigenvalue weighted by atomic mass is 10.2. The fraction of sp³-hybridized carbons (Fsp3) is 0.250. The molecule has 0 aliphatic heterocycles. The van der Waals surface area contributed by atoms with E-state index in [1.165, 1.54) is 23.9 Å². The van der Waals surface area contributed by atoms with Crippen molar-refractivity contribution in [1.29, 1.82) is 0 Å². The lowest BCUT2D eigenvalue weighted by Crippen LogP contribution is -2.15. The lowest BCUT2D eigenvalue weighted by molar-refractivity contribution is -0.113. The summed E-state index contributed by atoms with van der Waals surface area (Å²) in [7, 11) is 1.65. The molecule has 0 fully saturated rings. The van der Waals surface area contributed by atoms with Crippen LogP contribution in [0.25, 0.3) is 11.4 Å². The molecule has 152 valence electrons. The van der Waals surface area contributed by atoms with Crippen molar-refractivity contribution < 1.29 is 13.9 Å². The highest BCUT2D eigenvalue weighted by molar-refractivity contribution is 7.99. The van der Waals surface area contributed by atoms with Crippen LogP contribution in [0.3, 0.4) is 0 Å². The number of nitrogens with zero attached hydrogens (tertiary/aromatic N) is 3. The first-order chi connectivity index (χ1) is 14.1. The third-order valence-electron chi connectivity index (χ3n) is 3.99. The standard InChI is InChI=1S/C20H20ClFN4O2S/c1-28-11-3-10-26-19(14-6-8-15(21)9-7-14)24-25-20(26)29-13-18(27)23-17-5-2-4-16(22)12-17/h2,4-9,12H,3,10-11,13H2,1H3,(H,23,27). The summed E-state index contributed by atoms with van der Waals surface area (Å²) in [5.41, 5.74) is 1.30. The quantitative estimate of drug-likeness (QED) is 0.396. The predicted octanol–water partition coefficient (Wildman–Crippen LogP) is 4.50. The first-order valence-corrected chi connectivity index (χ1v) is 10.3. The maximum atomic E-state index is 13.3. The van der Waals surface area contributed by atoms with Gasteiger partial charge in [-0.05, 0) is 48.9 Å². The Morgan fingerprint density at radius 3 is 2.76 bits per heavy atom. The van der Waals surface area contributed by atoms with Crippen molar-refractivity contribution in [1.82, 2.24) is 14.8 Å². The van der Waals surface area contributed by atoms with E-state index >= 15 is 0 Å². The van der Waals surface area contributed by atoms with Gasteiger partial charge in [-0.15, -0.1) is 10.2 Å². The third-order valence-corrected chi connectivity index (χ3v) is 5.21. The van der Waals surface area contributed by atoms with E-state index in [-0.39, 0.29) is 11.7 Å². The van der Waals surface area contributed by atoms with Crippen LogP contribution in [0.5, 0.6) is 0 Å². The topological polar surface area (TPSA) is 69.0 Å². The summed E-state index contributed by atoms with van der Waals surface area (Å²) >= 11 is 7.25. The molecule has 0 saturated carbocycles. The van der Waals surface area contributed by atoms with E-state index in [0.717, 1.165) is 12.0 Å². The van der Waals surface area contributed by atoms with Gasteiger partial charge in [-0.2, -0.15) is 0 Å². The molecule has 1 heterocycles. The number of aromatic nitrogens is 3.